The van der Waals surface area contributed by atoms with Crippen LogP contribution in [-0.4, -0.2) is 49.2 Å². The maximum atomic E-state index is 6.01. The van der Waals surface area contributed by atoms with Crippen molar-refractivity contribution in [2.24, 2.45) is 0 Å². The number of thiazole rings is 1. The van der Waals surface area contributed by atoms with Crippen LogP contribution in [0.5, 0.6) is 0 Å². The minimum absolute atomic E-state index is 0.173. The van der Waals surface area contributed by atoms with Gasteiger partial charge < -0.3 is 10.1 Å². The van der Waals surface area contributed by atoms with Crippen molar-refractivity contribution in [3.8, 4) is 0 Å². The molecule has 5 heteroatoms. The van der Waals surface area contributed by atoms with Crippen LogP contribution in [0.4, 0.5) is 0 Å². The average Bonchev–Trinajstić information content (AvgIpc) is 2.93. The Hall–Kier alpha value is -0.490. The van der Waals surface area contributed by atoms with Crippen LogP contribution in [-0.2, 0) is 11.2 Å². The summed E-state index contributed by atoms with van der Waals surface area (Å²) < 4.78 is 6.01. The number of rotatable bonds is 4. The van der Waals surface area contributed by atoms with Crippen molar-refractivity contribution < 1.29 is 4.74 Å². The Balaban J connectivity index is 1.77. The van der Waals surface area contributed by atoms with E-state index in [0.29, 0.717) is 12.0 Å². The number of morpholine rings is 1. The Morgan fingerprint density at radius 2 is 2.33 bits per heavy atom. The smallest absolute Gasteiger partial charge is 0.123 e. The van der Waals surface area contributed by atoms with Gasteiger partial charge in [-0.3, -0.25) is 4.90 Å². The molecule has 0 bridgehead atoms. The van der Waals surface area contributed by atoms with Crippen molar-refractivity contribution in [2.45, 2.75) is 51.2 Å². The third kappa shape index (κ3) is 3.31. The highest BCUT2D eigenvalue weighted by Crippen LogP contribution is 2.37. The summed E-state index contributed by atoms with van der Waals surface area (Å²) in [4.78, 5) is 9.00. The lowest BCUT2D eigenvalue weighted by Gasteiger charge is -2.34. The first-order chi connectivity index (χ1) is 10.2. The Morgan fingerprint density at radius 3 is 3.10 bits per heavy atom. The van der Waals surface area contributed by atoms with E-state index in [1.807, 2.05) is 18.4 Å². The summed E-state index contributed by atoms with van der Waals surface area (Å²) in [5.74, 6) is 0.591. The van der Waals surface area contributed by atoms with Gasteiger partial charge in [-0.2, -0.15) is 0 Å². The largest absolute Gasteiger partial charge is 0.368 e. The number of nitrogens with one attached hydrogen (secondary N) is 1. The van der Waals surface area contributed by atoms with E-state index in [2.05, 4.69) is 24.1 Å². The van der Waals surface area contributed by atoms with E-state index in [1.54, 1.807) is 0 Å². The number of hydrogen-bond donors (Lipinski definition) is 1. The molecule has 0 saturated carbocycles. The fraction of sp³-hybridized carbons (Fsp3) is 0.812. The highest BCUT2D eigenvalue weighted by Gasteiger charge is 2.30. The number of aryl methyl sites for hydroxylation is 1. The van der Waals surface area contributed by atoms with E-state index in [9.17, 15) is 0 Å². The molecule has 1 aliphatic heterocycles. The van der Waals surface area contributed by atoms with Crippen molar-refractivity contribution in [2.75, 3.05) is 33.3 Å². The van der Waals surface area contributed by atoms with Gasteiger partial charge in [0, 0.05) is 36.5 Å². The fourth-order valence-electron chi connectivity index (χ4n) is 3.40. The lowest BCUT2D eigenvalue weighted by atomic mass is 9.91. The summed E-state index contributed by atoms with van der Waals surface area (Å²) in [5.41, 5.74) is 1.35. The molecule has 118 valence electrons. The van der Waals surface area contributed by atoms with Gasteiger partial charge in [0.2, 0.25) is 0 Å². The van der Waals surface area contributed by atoms with E-state index < -0.39 is 0 Å². The van der Waals surface area contributed by atoms with Crippen molar-refractivity contribution in [1.82, 2.24) is 15.2 Å². The standard InChI is InChI=1S/C16H27N3OS/c1-11(2)19-7-8-20-13(10-19)16-18-15-12(9-17-3)5-4-6-14(15)21-16/h11-13,17H,4-10H2,1-3H3. The van der Waals surface area contributed by atoms with Gasteiger partial charge in [0.1, 0.15) is 11.1 Å². The number of ether oxygens (including phenoxy) is 1. The van der Waals surface area contributed by atoms with Crippen LogP contribution in [0.2, 0.25) is 0 Å². The van der Waals surface area contributed by atoms with E-state index in [0.717, 1.165) is 26.2 Å². The highest BCUT2D eigenvalue weighted by molar-refractivity contribution is 7.11. The molecular weight excluding hydrogens is 282 g/mol. The molecule has 0 aromatic carbocycles. The first-order valence-corrected chi connectivity index (χ1v) is 9.00. The summed E-state index contributed by atoms with van der Waals surface area (Å²) in [5, 5.41) is 4.52. The van der Waals surface area contributed by atoms with Gasteiger partial charge in [-0.1, -0.05) is 0 Å². The van der Waals surface area contributed by atoms with Crippen LogP contribution in [0.1, 0.15) is 54.3 Å². The predicted octanol–water partition coefficient (Wildman–Crippen LogP) is 2.56. The Labute approximate surface area is 131 Å². The average molecular weight is 309 g/mol. The van der Waals surface area contributed by atoms with Gasteiger partial charge >= 0.3 is 0 Å². The third-order valence-electron chi connectivity index (χ3n) is 4.64. The van der Waals surface area contributed by atoms with E-state index in [4.69, 9.17) is 9.72 Å². The fourth-order valence-corrected chi connectivity index (χ4v) is 4.63. The molecule has 0 spiro atoms. The Morgan fingerprint density at radius 1 is 1.48 bits per heavy atom. The monoisotopic (exact) mass is 309 g/mol. The normalized spacial score (nSPS) is 27.0. The minimum Gasteiger partial charge on any atom is -0.368 e. The van der Waals surface area contributed by atoms with Gasteiger partial charge in [0.05, 0.1) is 12.3 Å². The van der Waals surface area contributed by atoms with Crippen LogP contribution in [0.25, 0.3) is 0 Å². The minimum atomic E-state index is 0.173. The number of nitrogens with zero attached hydrogens (tertiary/aromatic N) is 2. The number of fused-ring (bicyclic) bond motifs is 1. The lowest BCUT2D eigenvalue weighted by molar-refractivity contribution is -0.0403. The van der Waals surface area contributed by atoms with Crippen LogP contribution < -0.4 is 5.32 Å². The zero-order valence-corrected chi connectivity index (χ0v) is 14.2. The number of aromatic nitrogens is 1. The first-order valence-electron chi connectivity index (χ1n) is 8.18. The second-order valence-electron chi connectivity index (χ2n) is 6.46. The molecule has 1 N–H and O–H groups in total. The zero-order chi connectivity index (χ0) is 14.8. The predicted molar refractivity (Wildman–Crippen MR) is 87.1 cm³/mol. The molecule has 1 saturated heterocycles. The number of hydrogen-bond acceptors (Lipinski definition) is 5. The Kier molecular flexibility index (Phi) is 4.94. The molecule has 2 atom stereocenters. The molecule has 1 aromatic rings. The molecule has 4 nitrogen and oxygen atoms in total. The zero-order valence-electron chi connectivity index (χ0n) is 13.4. The lowest BCUT2D eigenvalue weighted by Crippen LogP contribution is -2.42. The Bertz CT molecular complexity index is 474. The molecule has 21 heavy (non-hydrogen) atoms. The highest BCUT2D eigenvalue weighted by atomic mass is 32.1. The van der Waals surface area contributed by atoms with Gasteiger partial charge in [-0.05, 0) is 40.2 Å². The van der Waals surface area contributed by atoms with Gasteiger partial charge in [-0.15, -0.1) is 11.3 Å². The molecular formula is C16H27N3OS. The van der Waals surface area contributed by atoms with Crippen LogP contribution >= 0.6 is 11.3 Å². The molecule has 3 rings (SSSR count). The van der Waals surface area contributed by atoms with Crippen molar-refractivity contribution in [3.05, 3.63) is 15.6 Å². The van der Waals surface area contributed by atoms with Crippen LogP contribution in [0, 0.1) is 0 Å². The molecule has 2 aliphatic rings. The molecule has 2 heterocycles. The van der Waals surface area contributed by atoms with E-state index in [1.165, 1.54) is 34.8 Å². The second kappa shape index (κ2) is 6.73. The summed E-state index contributed by atoms with van der Waals surface area (Å²) >= 11 is 1.89. The first kappa shape index (κ1) is 15.4. The maximum Gasteiger partial charge on any atom is 0.123 e. The molecule has 1 fully saturated rings. The summed E-state index contributed by atoms with van der Waals surface area (Å²) in [7, 11) is 2.03. The van der Waals surface area contributed by atoms with Gasteiger partial charge in [0.15, 0.2) is 0 Å². The second-order valence-corrected chi connectivity index (χ2v) is 7.57. The summed E-state index contributed by atoms with van der Waals surface area (Å²) in [6, 6.07) is 0.586. The topological polar surface area (TPSA) is 37.4 Å². The van der Waals surface area contributed by atoms with E-state index in [-0.39, 0.29) is 6.10 Å². The van der Waals surface area contributed by atoms with Crippen LogP contribution in [0.3, 0.4) is 0 Å². The van der Waals surface area contributed by atoms with Crippen molar-refractivity contribution in [1.29, 1.82) is 0 Å². The van der Waals surface area contributed by atoms with E-state index >= 15 is 0 Å². The molecule has 1 aromatic heterocycles. The molecule has 1 aliphatic carbocycles. The number of likely N-dealkylation sites (N-methyl/N-ethyl adjacent to an activating group) is 1. The third-order valence-corrected chi connectivity index (χ3v) is 5.86. The molecule has 0 amide bonds. The van der Waals surface area contributed by atoms with Crippen molar-refractivity contribution >= 4 is 11.3 Å². The van der Waals surface area contributed by atoms with Crippen molar-refractivity contribution in [3.63, 3.8) is 0 Å². The van der Waals surface area contributed by atoms with Gasteiger partial charge in [0.25, 0.3) is 0 Å². The molecule has 2 unspecified atom stereocenters. The summed E-state index contributed by atoms with van der Waals surface area (Å²) in [6.45, 7) is 8.42. The quantitative estimate of drug-likeness (QED) is 0.927. The molecule has 0 radical (unpaired) electrons. The van der Waals surface area contributed by atoms with Gasteiger partial charge in [-0.25, -0.2) is 4.98 Å². The SMILES string of the molecule is CNCC1CCCc2sc(C3CN(C(C)C)CCO3)nc21. The van der Waals surface area contributed by atoms with Crippen LogP contribution in [0.15, 0.2) is 0 Å². The summed E-state index contributed by atoms with van der Waals surface area (Å²) in [6.07, 6.45) is 3.94. The maximum absolute atomic E-state index is 6.01.